The van der Waals surface area contributed by atoms with Crippen LogP contribution in [-0.2, 0) is 4.74 Å². The summed E-state index contributed by atoms with van der Waals surface area (Å²) < 4.78 is 20.4. The quantitative estimate of drug-likeness (QED) is 0.377. The van der Waals surface area contributed by atoms with Crippen LogP contribution >= 0.6 is 0 Å². The minimum Gasteiger partial charge on any atom is -0.444 e. The van der Waals surface area contributed by atoms with Crippen molar-refractivity contribution in [3.05, 3.63) is 47.8 Å². The fraction of sp³-hybridized carbons (Fsp3) is 0.440. The van der Waals surface area contributed by atoms with Crippen molar-refractivity contribution in [2.75, 3.05) is 10.6 Å². The van der Waals surface area contributed by atoms with Gasteiger partial charge in [0.2, 0.25) is 0 Å². The predicted octanol–water partition coefficient (Wildman–Crippen LogP) is 3.34. The Balaban J connectivity index is 1.58. The summed E-state index contributed by atoms with van der Waals surface area (Å²) in [5, 5.41) is 36.9. The summed E-state index contributed by atoms with van der Waals surface area (Å²) in [6, 6.07) is 3.81. The first-order chi connectivity index (χ1) is 18.0. The monoisotopic (exact) mass is 523 g/mol. The first kappa shape index (κ1) is 26.7. The SMILES string of the molecule is Cc1ncc(Nc2nc(NC3CCC(O)CC3NC(=O)OC(C)(C)C)c(F)cc2C#N)cc1-n1nccn1. The molecule has 3 atom stereocenters. The standard InChI is InChI=1S/C25H30FN9O3/c1-14-21(35-29-7-8-30-35)10-16(13-28-14)31-22-15(12-27)9-18(26)23(34-22)32-19-6-5-17(36)11-20(19)33-24(37)38-25(2,3)4/h7-10,13,17,19-20,36H,5-6,11H2,1-4H3,(H,33,37)(H2,31,32,34). The van der Waals surface area contributed by atoms with Gasteiger partial charge in [-0.3, -0.25) is 4.98 Å². The van der Waals surface area contributed by atoms with Gasteiger partial charge in [0.25, 0.3) is 0 Å². The summed E-state index contributed by atoms with van der Waals surface area (Å²) in [5.41, 5.74) is 1.10. The Morgan fingerprint density at radius 2 is 1.95 bits per heavy atom. The van der Waals surface area contributed by atoms with E-state index >= 15 is 4.39 Å². The number of carbonyl (C=O) groups is 1. The molecule has 0 radical (unpaired) electrons. The second kappa shape index (κ2) is 11.0. The Hall–Kier alpha value is -4.31. The molecule has 1 aliphatic carbocycles. The number of aromatic nitrogens is 5. The maximum absolute atomic E-state index is 15.0. The van der Waals surface area contributed by atoms with Crippen LogP contribution in [0.3, 0.4) is 0 Å². The van der Waals surface area contributed by atoms with E-state index in [4.69, 9.17) is 4.74 Å². The fourth-order valence-electron chi connectivity index (χ4n) is 4.15. The lowest BCUT2D eigenvalue weighted by Crippen LogP contribution is -2.52. The Morgan fingerprint density at radius 3 is 2.63 bits per heavy atom. The smallest absolute Gasteiger partial charge is 0.407 e. The van der Waals surface area contributed by atoms with Gasteiger partial charge in [0.1, 0.15) is 17.4 Å². The van der Waals surface area contributed by atoms with E-state index in [1.165, 1.54) is 4.80 Å². The number of nitrogens with zero attached hydrogens (tertiary/aromatic N) is 6. The molecular formula is C25H30FN9O3. The highest BCUT2D eigenvalue weighted by molar-refractivity contribution is 5.69. The minimum absolute atomic E-state index is 0.00474. The van der Waals surface area contributed by atoms with Crippen molar-refractivity contribution in [1.29, 1.82) is 5.26 Å². The van der Waals surface area contributed by atoms with E-state index in [0.717, 1.165) is 6.07 Å². The van der Waals surface area contributed by atoms with Crippen molar-refractivity contribution < 1.29 is 19.0 Å². The van der Waals surface area contributed by atoms with Gasteiger partial charge >= 0.3 is 6.09 Å². The number of nitriles is 1. The van der Waals surface area contributed by atoms with Crippen LogP contribution in [-0.4, -0.2) is 60.0 Å². The number of rotatable bonds is 6. The van der Waals surface area contributed by atoms with Crippen LogP contribution in [0.1, 0.15) is 51.3 Å². The fourth-order valence-corrected chi connectivity index (χ4v) is 4.15. The number of nitrogens with one attached hydrogen (secondary N) is 3. The molecule has 3 heterocycles. The molecule has 3 aromatic rings. The highest BCUT2D eigenvalue weighted by atomic mass is 19.1. The van der Waals surface area contributed by atoms with Crippen LogP contribution in [0.4, 0.5) is 26.5 Å². The van der Waals surface area contributed by atoms with Gasteiger partial charge in [-0.15, -0.1) is 4.80 Å². The first-order valence-corrected chi connectivity index (χ1v) is 12.2. The number of hydrogen-bond donors (Lipinski definition) is 4. The maximum atomic E-state index is 15.0. The molecule has 0 aliphatic heterocycles. The number of aliphatic hydroxyl groups excluding tert-OH is 1. The highest BCUT2D eigenvalue weighted by Gasteiger charge is 2.33. The van der Waals surface area contributed by atoms with Crippen molar-refractivity contribution in [2.24, 2.45) is 0 Å². The zero-order chi connectivity index (χ0) is 27.4. The first-order valence-electron chi connectivity index (χ1n) is 12.2. The predicted molar refractivity (Wildman–Crippen MR) is 137 cm³/mol. The van der Waals surface area contributed by atoms with E-state index in [9.17, 15) is 15.2 Å². The topological polar surface area (TPSA) is 163 Å². The molecule has 0 bridgehead atoms. The van der Waals surface area contributed by atoms with Gasteiger partial charge < -0.3 is 25.8 Å². The molecule has 3 aromatic heterocycles. The summed E-state index contributed by atoms with van der Waals surface area (Å²) in [5.74, 6) is -0.704. The lowest BCUT2D eigenvalue weighted by molar-refractivity contribution is 0.0439. The van der Waals surface area contributed by atoms with Gasteiger partial charge in [-0.2, -0.15) is 15.5 Å². The van der Waals surface area contributed by atoms with Gasteiger partial charge in [0.15, 0.2) is 17.5 Å². The summed E-state index contributed by atoms with van der Waals surface area (Å²) in [6.45, 7) is 7.06. The minimum atomic E-state index is -0.724. The Kier molecular flexibility index (Phi) is 7.72. The molecule has 0 saturated heterocycles. The van der Waals surface area contributed by atoms with Crippen molar-refractivity contribution >= 4 is 23.4 Å². The molecule has 1 saturated carbocycles. The Morgan fingerprint density at radius 1 is 1.21 bits per heavy atom. The van der Waals surface area contributed by atoms with Crippen LogP contribution in [0.25, 0.3) is 5.69 Å². The molecule has 13 heteroatoms. The number of hydrogen-bond acceptors (Lipinski definition) is 10. The van der Waals surface area contributed by atoms with Crippen LogP contribution in [0.15, 0.2) is 30.7 Å². The van der Waals surface area contributed by atoms with E-state index in [-0.39, 0.29) is 23.6 Å². The van der Waals surface area contributed by atoms with Crippen LogP contribution in [0.5, 0.6) is 0 Å². The molecule has 0 spiro atoms. The molecular weight excluding hydrogens is 493 g/mol. The van der Waals surface area contributed by atoms with Crippen molar-refractivity contribution in [2.45, 2.75) is 70.7 Å². The molecule has 1 aliphatic rings. The van der Waals surface area contributed by atoms with Gasteiger partial charge in [-0.1, -0.05) is 0 Å². The zero-order valence-electron chi connectivity index (χ0n) is 21.6. The molecule has 3 unspecified atom stereocenters. The van der Waals surface area contributed by atoms with Crippen molar-refractivity contribution in [1.82, 2.24) is 30.3 Å². The van der Waals surface area contributed by atoms with Crippen LogP contribution in [0, 0.1) is 24.1 Å². The molecule has 12 nitrogen and oxygen atoms in total. The second-order valence-electron chi connectivity index (χ2n) is 10.1. The number of alkyl carbamates (subject to hydrolysis) is 1. The Bertz CT molecular complexity index is 1340. The lowest BCUT2D eigenvalue weighted by Gasteiger charge is -2.36. The van der Waals surface area contributed by atoms with Gasteiger partial charge in [-0.25, -0.2) is 14.2 Å². The number of pyridine rings is 2. The number of ether oxygens (including phenoxy) is 1. The van der Waals surface area contributed by atoms with Gasteiger partial charge in [0.05, 0.1) is 47.7 Å². The number of carbonyl (C=O) groups excluding carboxylic acids is 1. The van der Waals surface area contributed by atoms with Crippen molar-refractivity contribution in [3.63, 3.8) is 0 Å². The van der Waals surface area contributed by atoms with E-state index in [1.807, 2.05) is 13.0 Å². The highest BCUT2D eigenvalue weighted by Crippen LogP contribution is 2.28. The summed E-state index contributed by atoms with van der Waals surface area (Å²) in [7, 11) is 0. The molecule has 1 amide bonds. The second-order valence-corrected chi connectivity index (χ2v) is 10.1. The maximum Gasteiger partial charge on any atom is 0.407 e. The molecule has 200 valence electrons. The van der Waals surface area contributed by atoms with Crippen molar-refractivity contribution in [3.8, 4) is 11.8 Å². The average molecular weight is 524 g/mol. The molecule has 38 heavy (non-hydrogen) atoms. The van der Waals surface area contributed by atoms with E-state index in [1.54, 1.807) is 45.4 Å². The normalized spacial score (nSPS) is 19.3. The third-order valence-electron chi connectivity index (χ3n) is 5.90. The van der Waals surface area contributed by atoms with Crippen LogP contribution in [0.2, 0.25) is 0 Å². The van der Waals surface area contributed by atoms with Gasteiger partial charge in [0, 0.05) is 6.04 Å². The third kappa shape index (κ3) is 6.51. The summed E-state index contributed by atoms with van der Waals surface area (Å²) in [4.78, 5) is 22.5. The molecule has 0 aromatic carbocycles. The number of aliphatic hydroxyl groups is 1. The summed E-state index contributed by atoms with van der Waals surface area (Å²) in [6.07, 6.45) is 4.58. The van der Waals surface area contributed by atoms with Crippen LogP contribution < -0.4 is 16.0 Å². The molecule has 4 N–H and O–H groups in total. The lowest BCUT2D eigenvalue weighted by atomic mass is 9.88. The summed E-state index contributed by atoms with van der Waals surface area (Å²) >= 11 is 0. The largest absolute Gasteiger partial charge is 0.444 e. The van der Waals surface area contributed by atoms with E-state index in [0.29, 0.717) is 29.9 Å². The van der Waals surface area contributed by atoms with E-state index in [2.05, 4.69) is 36.1 Å². The van der Waals surface area contributed by atoms with E-state index < -0.39 is 35.7 Å². The number of halogens is 1. The average Bonchev–Trinajstić information content (AvgIpc) is 3.37. The number of anilines is 3. The third-order valence-corrected chi connectivity index (χ3v) is 5.90. The number of aryl methyl sites for hydroxylation is 1. The number of amides is 1. The van der Waals surface area contributed by atoms with Gasteiger partial charge in [-0.05, 0) is 59.1 Å². The molecule has 1 fully saturated rings. The Labute approximate surface area is 219 Å². The zero-order valence-corrected chi connectivity index (χ0v) is 21.6. The molecule has 4 rings (SSSR count).